The maximum atomic E-state index is 10.2. The Labute approximate surface area is 276 Å². The Bertz CT molecular complexity index is 2040. The van der Waals surface area contributed by atoms with E-state index in [2.05, 4.69) is 41.0 Å². The summed E-state index contributed by atoms with van der Waals surface area (Å²) >= 11 is 10.2. The number of hydrogen-bond acceptors (Lipinski definition) is 14. The van der Waals surface area contributed by atoms with Gasteiger partial charge in [0.1, 0.15) is 11.5 Å². The van der Waals surface area contributed by atoms with Crippen LogP contribution >= 0.6 is 46.0 Å². The lowest BCUT2D eigenvalue weighted by Gasteiger charge is -2.07. The van der Waals surface area contributed by atoms with Crippen LogP contribution in [0.3, 0.4) is 0 Å². The highest BCUT2D eigenvalue weighted by Crippen LogP contribution is 2.35. The van der Waals surface area contributed by atoms with Gasteiger partial charge in [0.05, 0.1) is 11.4 Å². The molecule has 6 aromatic rings. The van der Waals surface area contributed by atoms with E-state index in [1.54, 1.807) is 82.2 Å². The lowest BCUT2D eigenvalue weighted by Crippen LogP contribution is -2.19. The van der Waals surface area contributed by atoms with E-state index in [1.165, 1.54) is 34.0 Å². The number of H-pyrrole nitrogens is 2. The topological polar surface area (TPSA) is 186 Å². The van der Waals surface area contributed by atoms with Gasteiger partial charge < -0.3 is 19.9 Å². The highest BCUT2D eigenvalue weighted by atomic mass is 33.1. The third kappa shape index (κ3) is 7.54. The molecule has 0 aliphatic carbocycles. The smallest absolute Gasteiger partial charge is 0.242 e. The Morgan fingerprint density at radius 2 is 1.07 bits per heavy atom. The Hall–Kier alpha value is -5.18. The van der Waals surface area contributed by atoms with Crippen molar-refractivity contribution in [3.63, 3.8) is 0 Å². The molecule has 20 heteroatoms. The van der Waals surface area contributed by atoms with Crippen LogP contribution in [0, 0.1) is 9.54 Å². The predicted molar refractivity (Wildman–Crippen MR) is 170 cm³/mol. The molecule has 4 heterocycles. The van der Waals surface area contributed by atoms with E-state index in [-0.39, 0.29) is 13.5 Å². The number of tetrazole rings is 2. The molecule has 234 valence electrons. The van der Waals surface area contributed by atoms with Crippen LogP contribution < -0.4 is 20.4 Å². The monoisotopic (exact) mass is 694 g/mol. The van der Waals surface area contributed by atoms with Crippen molar-refractivity contribution in [3.8, 4) is 22.9 Å². The Balaban J connectivity index is 1.05. The minimum absolute atomic E-state index is 0.0192. The fraction of sp³-hybridized carbons (Fsp3) is 0.0769. The molecule has 16 nitrogen and oxygen atoms in total. The fourth-order valence-electron chi connectivity index (χ4n) is 3.82. The van der Waals surface area contributed by atoms with Crippen molar-refractivity contribution in [1.29, 1.82) is 0 Å². The lowest BCUT2D eigenvalue weighted by molar-refractivity contribution is 0.168. The number of aromatic nitrogens is 10. The maximum absolute atomic E-state index is 10.2. The second-order valence-electron chi connectivity index (χ2n) is 8.98. The molecule has 4 aromatic heterocycles. The molecule has 6 rings (SSSR count). The summed E-state index contributed by atoms with van der Waals surface area (Å²) in [6, 6.07) is 21.2. The normalized spacial score (nSPS) is 12.0. The van der Waals surface area contributed by atoms with Gasteiger partial charge in [-0.25, -0.2) is 19.3 Å². The first-order chi connectivity index (χ1) is 22.4. The van der Waals surface area contributed by atoms with E-state index in [0.29, 0.717) is 32.0 Å². The molecule has 0 unspecified atom stereocenters. The highest BCUT2D eigenvalue weighted by Gasteiger charge is 2.04. The zero-order valence-electron chi connectivity index (χ0n) is 23.3. The number of aromatic amines is 2. The summed E-state index contributed by atoms with van der Waals surface area (Å²) in [5.74, 6) is 1.17. The van der Waals surface area contributed by atoms with Crippen molar-refractivity contribution in [3.05, 3.63) is 106 Å². The average molecular weight is 695 g/mol. The first-order valence-electron chi connectivity index (χ1n) is 13.1. The molecule has 0 saturated heterocycles. The standard InChI is InChI=1S/C26H22N12O4S4/c39-35-11-9-21(13-23(35)27-15-41-19-5-1-17(2-6-19)37-25(43)29-31-33-37)45-46-22-10-12-36(40)24(14-22)28-16-42-20-7-3-18(4-8-20)38-26(44)30-32-34-38/h1-14,39-40H,15-16H2,(H,29,33,43)(H,30,34,44). The fourth-order valence-corrected chi connectivity index (χ4v) is 6.13. The Morgan fingerprint density at radius 1 is 0.652 bits per heavy atom. The minimum Gasteiger partial charge on any atom is -0.471 e. The first-order valence-corrected chi connectivity index (χ1v) is 16.1. The second-order valence-corrected chi connectivity index (χ2v) is 12.0. The summed E-state index contributed by atoms with van der Waals surface area (Å²) in [5.41, 5.74) is 2.13. The van der Waals surface area contributed by atoms with Crippen LogP contribution in [0.5, 0.6) is 11.5 Å². The van der Waals surface area contributed by atoms with Gasteiger partial charge in [-0.1, -0.05) is 42.2 Å². The number of pyridine rings is 2. The molecule has 4 N–H and O–H groups in total. The molecule has 0 bridgehead atoms. The number of nitrogens with one attached hydrogen (secondary N) is 2. The molecule has 0 atom stereocenters. The van der Waals surface area contributed by atoms with Crippen LogP contribution in [0.25, 0.3) is 11.4 Å². The van der Waals surface area contributed by atoms with Gasteiger partial charge in [-0.15, -0.1) is 0 Å². The van der Waals surface area contributed by atoms with Crippen LogP contribution in [-0.4, -0.2) is 73.8 Å². The molecular weight excluding hydrogens is 673 g/mol. The van der Waals surface area contributed by atoms with Gasteiger partial charge in [0.15, 0.2) is 24.4 Å². The summed E-state index contributed by atoms with van der Waals surface area (Å²) in [5, 5.41) is 40.7. The predicted octanol–water partition coefficient (Wildman–Crippen LogP) is 3.71. The zero-order valence-corrected chi connectivity index (χ0v) is 26.6. The Morgan fingerprint density at radius 3 is 1.43 bits per heavy atom. The third-order valence-corrected chi connectivity index (χ3v) is 8.96. The van der Waals surface area contributed by atoms with Gasteiger partial charge in [-0.2, -0.15) is 19.9 Å². The van der Waals surface area contributed by atoms with E-state index < -0.39 is 0 Å². The van der Waals surface area contributed by atoms with Gasteiger partial charge in [0.2, 0.25) is 9.54 Å². The number of rotatable bonds is 11. The van der Waals surface area contributed by atoms with E-state index in [9.17, 15) is 10.4 Å². The first kappa shape index (κ1) is 30.8. The molecule has 0 fully saturated rings. The summed E-state index contributed by atoms with van der Waals surface area (Å²) in [6.07, 6.45) is 2.99. The number of hydrogen-bond donors (Lipinski definition) is 4. The third-order valence-electron chi connectivity index (χ3n) is 6.05. The van der Waals surface area contributed by atoms with Gasteiger partial charge in [0.25, 0.3) is 0 Å². The molecule has 0 spiro atoms. The van der Waals surface area contributed by atoms with Gasteiger partial charge >= 0.3 is 0 Å². The number of benzene rings is 2. The summed E-state index contributed by atoms with van der Waals surface area (Å²) < 4.78 is 17.0. The van der Waals surface area contributed by atoms with Crippen molar-refractivity contribution in [2.75, 3.05) is 13.5 Å². The largest absolute Gasteiger partial charge is 0.471 e. The van der Waals surface area contributed by atoms with Crippen molar-refractivity contribution in [2.24, 2.45) is 9.98 Å². The minimum atomic E-state index is -0.0192. The average Bonchev–Trinajstić information content (AvgIpc) is 3.70. The molecule has 46 heavy (non-hydrogen) atoms. The van der Waals surface area contributed by atoms with Crippen LogP contribution in [0.2, 0.25) is 0 Å². The molecular formula is C26H22N12O4S4. The van der Waals surface area contributed by atoms with Crippen molar-refractivity contribution in [1.82, 2.24) is 49.9 Å². The Kier molecular flexibility index (Phi) is 9.57. The van der Waals surface area contributed by atoms with E-state index in [1.807, 2.05) is 0 Å². The molecule has 0 saturated carbocycles. The van der Waals surface area contributed by atoms with Crippen molar-refractivity contribution in [2.45, 2.75) is 9.79 Å². The van der Waals surface area contributed by atoms with E-state index in [4.69, 9.17) is 33.9 Å². The number of nitrogens with zero attached hydrogens (tertiary/aromatic N) is 10. The van der Waals surface area contributed by atoms with Crippen molar-refractivity contribution < 1.29 is 19.9 Å². The molecule has 0 radical (unpaired) electrons. The summed E-state index contributed by atoms with van der Waals surface area (Å²) in [7, 11) is 2.89. The lowest BCUT2D eigenvalue weighted by atomic mass is 10.3. The maximum Gasteiger partial charge on any atom is 0.242 e. The van der Waals surface area contributed by atoms with E-state index in [0.717, 1.165) is 30.6 Å². The molecule has 0 aliphatic heterocycles. The quantitative estimate of drug-likeness (QED) is 0.0877. The number of ether oxygens (including phenoxy) is 2. The zero-order chi connectivity index (χ0) is 31.9. The molecule has 0 amide bonds. The summed E-state index contributed by atoms with van der Waals surface area (Å²) in [4.78, 5) is 10.4. The van der Waals surface area contributed by atoms with E-state index >= 15 is 0 Å². The second kappa shape index (κ2) is 14.3. The van der Waals surface area contributed by atoms with Gasteiger partial charge in [-0.05, 0) is 97.2 Å². The van der Waals surface area contributed by atoms with Crippen LogP contribution in [0.4, 0.5) is 0 Å². The van der Waals surface area contributed by atoms with Gasteiger partial charge in [-0.3, -0.25) is 0 Å². The molecule has 0 aliphatic rings. The van der Waals surface area contributed by atoms with Crippen LogP contribution in [-0.2, 0) is 0 Å². The highest BCUT2D eigenvalue weighted by molar-refractivity contribution is 8.76. The van der Waals surface area contributed by atoms with Crippen molar-refractivity contribution >= 4 is 46.0 Å². The van der Waals surface area contributed by atoms with Crippen LogP contribution in [0.15, 0.2) is 105 Å². The van der Waals surface area contributed by atoms with Crippen LogP contribution in [0.1, 0.15) is 0 Å². The van der Waals surface area contributed by atoms with Gasteiger partial charge in [0, 0.05) is 22.2 Å². The molecule has 2 aromatic carbocycles. The summed E-state index contributed by atoms with van der Waals surface area (Å²) in [6.45, 7) is -0.0384. The SMILES string of the molecule is On1ccc(SSc2ccn(O)c(=NCOc3ccc(-n4[nH]nnc4=S)cc3)c2)cc1=NCOc1ccc(-n2[nH]nnc2=S)cc1.